The number of aldehydes is 1. The maximum Gasteiger partial charge on any atom is 0.330 e. The Morgan fingerprint density at radius 1 is 0.725 bits per heavy atom. The Morgan fingerprint density at radius 2 is 1.08 bits per heavy atom. The predicted octanol–water partition coefficient (Wildman–Crippen LogP) is 7.26. The van der Waals surface area contributed by atoms with Gasteiger partial charge < -0.3 is 4.74 Å². The van der Waals surface area contributed by atoms with E-state index in [4.69, 9.17) is 0 Å². The van der Waals surface area contributed by atoms with E-state index in [0.717, 1.165) is 36.4 Å². The molecular weight excluding hydrogens is 746 g/mol. The summed E-state index contributed by atoms with van der Waals surface area (Å²) >= 11 is 0. The van der Waals surface area contributed by atoms with Crippen LogP contribution < -0.4 is 9.44 Å². The van der Waals surface area contributed by atoms with Crippen molar-refractivity contribution in [2.24, 2.45) is 0 Å². The van der Waals surface area contributed by atoms with Crippen LogP contribution in [0.5, 0.6) is 0 Å². The molecule has 7 nitrogen and oxygen atoms in total. The van der Waals surface area contributed by atoms with Crippen molar-refractivity contribution in [2.75, 3.05) is 6.61 Å². The van der Waals surface area contributed by atoms with Crippen LogP contribution in [0.15, 0.2) is 60.7 Å². The van der Waals surface area contributed by atoms with E-state index in [0.29, 0.717) is 12.1 Å². The van der Waals surface area contributed by atoms with Gasteiger partial charge in [-0.3, -0.25) is 4.79 Å². The second kappa shape index (κ2) is 17.6. The quantitative estimate of drug-likeness (QED) is 0.0910. The molecule has 288 valence electrons. The van der Waals surface area contributed by atoms with Gasteiger partial charge in [0.15, 0.2) is 17.4 Å². The van der Waals surface area contributed by atoms with E-state index < -0.39 is 102 Å². The molecule has 19 heteroatoms. The molecule has 0 fully saturated rings. The number of halogens is 10. The number of carbonyl (C=O) groups is 2. The first-order valence-corrected chi connectivity index (χ1v) is 17.0. The van der Waals surface area contributed by atoms with Gasteiger partial charge in [0.25, 0.3) is 18.8 Å². The lowest BCUT2D eigenvalue weighted by Gasteiger charge is -2.40. The molecule has 0 aliphatic heterocycles. The zero-order chi connectivity index (χ0) is 39.8. The Hall–Kier alpha value is -3.16. The molecule has 2 N–H and O–H groups in total. The lowest BCUT2D eigenvalue weighted by molar-refractivity contribution is -0.161. The number of ether oxygens (including phenoxy) is 1. The molecule has 0 radical (unpaired) electrons. The van der Waals surface area contributed by atoms with E-state index in [1.165, 1.54) is 48.5 Å². The van der Waals surface area contributed by atoms with E-state index in [1.807, 2.05) is 0 Å². The molecule has 0 aliphatic carbocycles. The van der Waals surface area contributed by atoms with E-state index in [2.05, 4.69) is 4.74 Å². The SMILES string of the molecule is CC(C)(C)[S@@](=O)N[C@@](c1ccccc1F)(C(F)F)C(F)(F)C=O.CCOC(=O)/C=C/C(F)(F)[C@](N[S@](=O)C(C)(C)C)(c1ccccc1F)C(F)F. The van der Waals surface area contributed by atoms with Crippen LogP contribution in [0, 0.1) is 11.6 Å². The van der Waals surface area contributed by atoms with Gasteiger partial charge in [-0.1, -0.05) is 36.4 Å². The summed E-state index contributed by atoms with van der Waals surface area (Å²) in [6.45, 7) is 9.50. The topological polar surface area (TPSA) is 102 Å². The van der Waals surface area contributed by atoms with E-state index >= 15 is 8.78 Å². The van der Waals surface area contributed by atoms with Crippen molar-refractivity contribution in [3.63, 3.8) is 0 Å². The number of carbonyl (C=O) groups excluding carboxylic acids is 2. The summed E-state index contributed by atoms with van der Waals surface area (Å²) in [7, 11) is -4.85. The van der Waals surface area contributed by atoms with E-state index in [9.17, 15) is 53.1 Å². The molecule has 0 amide bonds. The molecule has 51 heavy (non-hydrogen) atoms. The van der Waals surface area contributed by atoms with Crippen molar-refractivity contribution in [1.82, 2.24) is 9.44 Å². The summed E-state index contributed by atoms with van der Waals surface area (Å²) in [5, 5.41) is 0. The number of rotatable bonds is 14. The zero-order valence-electron chi connectivity index (χ0n) is 28.4. The Kier molecular flexibility index (Phi) is 15.8. The van der Waals surface area contributed by atoms with Crippen molar-refractivity contribution < 1.29 is 66.6 Å². The second-order valence-electron chi connectivity index (χ2n) is 12.6. The van der Waals surface area contributed by atoms with Crippen molar-refractivity contribution in [2.45, 2.75) is 93.7 Å². The minimum absolute atomic E-state index is 0.101. The molecule has 4 atom stereocenters. The molecule has 0 aromatic heterocycles. The van der Waals surface area contributed by atoms with Crippen LogP contribution in [0.4, 0.5) is 43.9 Å². The third kappa shape index (κ3) is 10.5. The van der Waals surface area contributed by atoms with Gasteiger partial charge in [-0.25, -0.2) is 49.0 Å². The fraction of sp³-hybridized carbons (Fsp3) is 0.500. The highest BCUT2D eigenvalue weighted by atomic mass is 32.2. The van der Waals surface area contributed by atoms with E-state index in [-0.39, 0.29) is 18.8 Å². The lowest BCUT2D eigenvalue weighted by atomic mass is 9.84. The molecule has 0 unspecified atom stereocenters. The van der Waals surface area contributed by atoms with Crippen LogP contribution in [-0.2, 0) is 47.4 Å². The normalized spacial score (nSPS) is 16.5. The second-order valence-corrected chi connectivity index (χ2v) is 16.5. The fourth-order valence-electron chi connectivity index (χ4n) is 3.97. The van der Waals surface area contributed by atoms with Crippen LogP contribution in [0.25, 0.3) is 0 Å². The molecule has 0 saturated carbocycles. The van der Waals surface area contributed by atoms with Gasteiger partial charge in [0.05, 0.1) is 38.1 Å². The van der Waals surface area contributed by atoms with Gasteiger partial charge in [-0.2, -0.15) is 17.6 Å². The first-order valence-electron chi connectivity index (χ1n) is 14.7. The smallest absolute Gasteiger partial charge is 0.330 e. The van der Waals surface area contributed by atoms with Crippen LogP contribution in [0.1, 0.15) is 59.6 Å². The third-order valence-electron chi connectivity index (χ3n) is 6.79. The molecule has 2 rings (SSSR count). The fourth-order valence-corrected chi connectivity index (χ4v) is 5.84. The average molecular weight is 785 g/mol. The minimum Gasteiger partial charge on any atom is -0.463 e. The van der Waals surface area contributed by atoms with Crippen LogP contribution in [0.3, 0.4) is 0 Å². The van der Waals surface area contributed by atoms with Crippen molar-refractivity contribution in [3.8, 4) is 0 Å². The maximum atomic E-state index is 15.1. The first-order chi connectivity index (χ1) is 23.2. The van der Waals surface area contributed by atoms with Gasteiger partial charge in [0.1, 0.15) is 11.6 Å². The number of hydrogen-bond donors (Lipinski definition) is 2. The summed E-state index contributed by atoms with van der Waals surface area (Å²) in [5.41, 5.74) is -9.66. The molecule has 0 saturated heterocycles. The minimum atomic E-state index is -4.70. The first kappa shape index (κ1) is 45.9. The molecule has 2 aromatic carbocycles. The van der Waals surface area contributed by atoms with Gasteiger partial charge in [0, 0.05) is 17.2 Å². The number of hydrogen-bond acceptors (Lipinski definition) is 5. The molecule has 0 bridgehead atoms. The highest BCUT2D eigenvalue weighted by Gasteiger charge is 2.64. The van der Waals surface area contributed by atoms with Crippen LogP contribution in [0.2, 0.25) is 0 Å². The number of benzene rings is 2. The van der Waals surface area contributed by atoms with Crippen molar-refractivity contribution in [1.29, 1.82) is 0 Å². The Labute approximate surface area is 293 Å². The average Bonchev–Trinajstić information content (AvgIpc) is 3.01. The number of nitrogens with one attached hydrogen (secondary N) is 2. The summed E-state index contributed by atoms with van der Waals surface area (Å²) in [6.07, 6.45) is -8.62. The van der Waals surface area contributed by atoms with Gasteiger partial charge in [0.2, 0.25) is 0 Å². The highest BCUT2D eigenvalue weighted by molar-refractivity contribution is 7.84. The summed E-state index contributed by atoms with van der Waals surface area (Å²) in [5.74, 6) is -13.1. The van der Waals surface area contributed by atoms with Crippen LogP contribution >= 0.6 is 0 Å². The standard InChI is InChI=1S/C18H22F5NO3S.C14H16F5NO2S/c1-5-27-14(25)10-11-17(22,23)18(15(20)21,24-28(26)16(2,3)4)12-8-6-7-9-13(12)19;1-12(2,3)23(22)20-14(11(16)17,13(18,19)8-21)9-6-4-5-7-10(9)15/h6-11,15,24H,5H2,1-4H3;4-8,11,20H,1-3H3/b11-10+;/t18-,28+;14-,23+/m00/s1. The van der Waals surface area contributed by atoms with Gasteiger partial charge in [-0.05, 0) is 66.7 Å². The Balaban J connectivity index is 0.000000520. The Morgan fingerprint density at radius 3 is 1.37 bits per heavy atom. The highest BCUT2D eigenvalue weighted by Crippen LogP contribution is 2.46. The number of esters is 1. The molecule has 0 aliphatic rings. The van der Waals surface area contributed by atoms with Crippen molar-refractivity contribution in [3.05, 3.63) is 83.4 Å². The molecule has 2 aromatic rings. The molecular formula is C32H38F10N2O5S2. The molecule has 0 spiro atoms. The number of alkyl halides is 8. The third-order valence-corrected chi connectivity index (χ3v) is 10.0. The van der Waals surface area contributed by atoms with Crippen LogP contribution in [-0.4, -0.2) is 61.5 Å². The Bertz CT molecular complexity index is 1580. The molecule has 0 heterocycles. The largest absolute Gasteiger partial charge is 0.463 e. The monoisotopic (exact) mass is 784 g/mol. The maximum absolute atomic E-state index is 15.1. The summed E-state index contributed by atoms with van der Waals surface area (Å²) in [6, 6.07) is 7.32. The summed E-state index contributed by atoms with van der Waals surface area (Å²) < 4.78 is 172. The lowest BCUT2D eigenvalue weighted by Crippen LogP contribution is -2.63. The van der Waals surface area contributed by atoms with E-state index in [1.54, 1.807) is 9.44 Å². The van der Waals surface area contributed by atoms with Gasteiger partial charge >= 0.3 is 11.9 Å². The van der Waals surface area contributed by atoms with Crippen molar-refractivity contribution >= 4 is 34.2 Å². The van der Waals surface area contributed by atoms with Gasteiger partial charge in [-0.15, -0.1) is 0 Å². The zero-order valence-corrected chi connectivity index (χ0v) is 30.0. The predicted molar refractivity (Wildman–Crippen MR) is 172 cm³/mol. The summed E-state index contributed by atoms with van der Waals surface area (Å²) in [4.78, 5) is 22.1.